The molecule has 0 spiro atoms. The molecule has 0 heterocycles. The highest BCUT2D eigenvalue weighted by Gasteiger charge is 2.04. The molecule has 0 aliphatic carbocycles. The SMILES string of the molecule is CCCOc1cccc(-c2cc(F)cc(F)c2)c1. The highest BCUT2D eigenvalue weighted by atomic mass is 19.1. The van der Waals surface area contributed by atoms with Crippen LogP contribution in [0.3, 0.4) is 0 Å². The number of benzene rings is 2. The Bertz CT molecular complexity index is 518. The van der Waals surface area contributed by atoms with E-state index >= 15 is 0 Å². The van der Waals surface area contributed by atoms with E-state index < -0.39 is 11.6 Å². The van der Waals surface area contributed by atoms with E-state index in [-0.39, 0.29) is 0 Å². The highest BCUT2D eigenvalue weighted by Crippen LogP contribution is 2.25. The minimum atomic E-state index is -0.579. The summed E-state index contributed by atoms with van der Waals surface area (Å²) in [6, 6.07) is 10.7. The summed E-state index contributed by atoms with van der Waals surface area (Å²) >= 11 is 0. The van der Waals surface area contributed by atoms with Crippen LogP contribution < -0.4 is 4.74 Å². The minimum absolute atomic E-state index is 0.509. The van der Waals surface area contributed by atoms with Crippen molar-refractivity contribution in [2.24, 2.45) is 0 Å². The van der Waals surface area contributed by atoms with Gasteiger partial charge in [-0.15, -0.1) is 0 Å². The zero-order chi connectivity index (χ0) is 13.0. The standard InChI is InChI=1S/C15H14F2O/c1-2-6-18-15-5-3-4-11(9-15)12-7-13(16)10-14(17)8-12/h3-5,7-10H,2,6H2,1H3. The van der Waals surface area contributed by atoms with Crippen molar-refractivity contribution in [2.45, 2.75) is 13.3 Å². The Morgan fingerprint density at radius 1 is 0.944 bits per heavy atom. The maximum absolute atomic E-state index is 13.1. The van der Waals surface area contributed by atoms with Gasteiger partial charge < -0.3 is 4.74 Å². The number of hydrogen-bond donors (Lipinski definition) is 0. The van der Waals surface area contributed by atoms with Gasteiger partial charge in [0.1, 0.15) is 17.4 Å². The third-order valence-corrected chi connectivity index (χ3v) is 2.50. The van der Waals surface area contributed by atoms with Crippen LogP contribution in [0.1, 0.15) is 13.3 Å². The number of ether oxygens (including phenoxy) is 1. The van der Waals surface area contributed by atoms with Crippen LogP contribution in [0.25, 0.3) is 11.1 Å². The van der Waals surface area contributed by atoms with Crippen LogP contribution in [0, 0.1) is 11.6 Å². The summed E-state index contributed by atoms with van der Waals surface area (Å²) in [5, 5.41) is 0. The van der Waals surface area contributed by atoms with Gasteiger partial charge in [0.25, 0.3) is 0 Å². The number of hydrogen-bond acceptors (Lipinski definition) is 1. The van der Waals surface area contributed by atoms with Gasteiger partial charge in [-0.25, -0.2) is 8.78 Å². The zero-order valence-electron chi connectivity index (χ0n) is 10.1. The van der Waals surface area contributed by atoms with Crippen LogP contribution >= 0.6 is 0 Å². The van der Waals surface area contributed by atoms with E-state index in [9.17, 15) is 8.78 Å². The van der Waals surface area contributed by atoms with Gasteiger partial charge in [-0.2, -0.15) is 0 Å². The Morgan fingerprint density at radius 2 is 1.67 bits per heavy atom. The van der Waals surface area contributed by atoms with Crippen LogP contribution in [0.15, 0.2) is 42.5 Å². The van der Waals surface area contributed by atoms with Crippen LogP contribution in [-0.4, -0.2) is 6.61 Å². The molecular formula is C15H14F2O. The van der Waals surface area contributed by atoms with Crippen molar-refractivity contribution < 1.29 is 13.5 Å². The Labute approximate surface area is 105 Å². The lowest BCUT2D eigenvalue weighted by Crippen LogP contribution is -1.94. The lowest BCUT2D eigenvalue weighted by molar-refractivity contribution is 0.317. The summed E-state index contributed by atoms with van der Waals surface area (Å²) in [5.41, 5.74) is 1.25. The van der Waals surface area contributed by atoms with E-state index in [0.29, 0.717) is 17.9 Å². The molecule has 0 radical (unpaired) electrons. The molecule has 0 aliphatic rings. The molecule has 2 aromatic carbocycles. The van der Waals surface area contributed by atoms with Crippen molar-refractivity contribution in [3.8, 4) is 16.9 Å². The lowest BCUT2D eigenvalue weighted by Gasteiger charge is -2.07. The van der Waals surface area contributed by atoms with Crippen LogP contribution in [0.4, 0.5) is 8.78 Å². The third-order valence-electron chi connectivity index (χ3n) is 2.50. The van der Waals surface area contributed by atoms with Crippen LogP contribution in [0.2, 0.25) is 0 Å². The normalized spacial score (nSPS) is 10.4. The average Bonchev–Trinajstić information content (AvgIpc) is 2.35. The van der Waals surface area contributed by atoms with E-state index in [4.69, 9.17) is 4.74 Å². The smallest absolute Gasteiger partial charge is 0.126 e. The zero-order valence-corrected chi connectivity index (χ0v) is 10.1. The van der Waals surface area contributed by atoms with Gasteiger partial charge in [0, 0.05) is 6.07 Å². The molecule has 0 fully saturated rings. The van der Waals surface area contributed by atoms with E-state index in [1.54, 1.807) is 12.1 Å². The fourth-order valence-corrected chi connectivity index (χ4v) is 1.71. The number of rotatable bonds is 4. The largest absolute Gasteiger partial charge is 0.494 e. The molecule has 0 saturated heterocycles. The Morgan fingerprint density at radius 3 is 2.33 bits per heavy atom. The third kappa shape index (κ3) is 3.06. The first-order chi connectivity index (χ1) is 8.69. The molecular weight excluding hydrogens is 234 g/mol. The fourth-order valence-electron chi connectivity index (χ4n) is 1.71. The van der Waals surface area contributed by atoms with Gasteiger partial charge >= 0.3 is 0 Å². The van der Waals surface area contributed by atoms with Gasteiger partial charge in [0.05, 0.1) is 6.61 Å². The molecule has 0 amide bonds. The summed E-state index contributed by atoms with van der Waals surface area (Å²) in [6.45, 7) is 2.65. The molecule has 0 saturated carbocycles. The average molecular weight is 248 g/mol. The van der Waals surface area contributed by atoms with Crippen molar-refractivity contribution in [1.29, 1.82) is 0 Å². The Hall–Kier alpha value is -1.90. The second kappa shape index (κ2) is 5.63. The second-order valence-corrected chi connectivity index (χ2v) is 4.03. The Kier molecular flexibility index (Phi) is 3.92. The quantitative estimate of drug-likeness (QED) is 0.778. The van der Waals surface area contributed by atoms with Gasteiger partial charge in [-0.3, -0.25) is 0 Å². The first-order valence-corrected chi connectivity index (χ1v) is 5.88. The topological polar surface area (TPSA) is 9.23 Å². The highest BCUT2D eigenvalue weighted by molar-refractivity contribution is 5.65. The summed E-state index contributed by atoms with van der Waals surface area (Å²) in [6.07, 6.45) is 0.915. The molecule has 94 valence electrons. The summed E-state index contributed by atoms with van der Waals surface area (Å²) in [4.78, 5) is 0. The van der Waals surface area contributed by atoms with Crippen molar-refractivity contribution in [1.82, 2.24) is 0 Å². The van der Waals surface area contributed by atoms with Gasteiger partial charge in [-0.1, -0.05) is 19.1 Å². The van der Waals surface area contributed by atoms with E-state index in [2.05, 4.69) is 0 Å². The molecule has 0 N–H and O–H groups in total. The molecule has 0 aliphatic heterocycles. The molecule has 0 atom stereocenters. The van der Waals surface area contributed by atoms with E-state index in [0.717, 1.165) is 18.1 Å². The molecule has 2 rings (SSSR count). The van der Waals surface area contributed by atoms with Crippen molar-refractivity contribution in [2.75, 3.05) is 6.61 Å². The van der Waals surface area contributed by atoms with Gasteiger partial charge in [0.15, 0.2) is 0 Å². The second-order valence-electron chi connectivity index (χ2n) is 4.03. The molecule has 18 heavy (non-hydrogen) atoms. The van der Waals surface area contributed by atoms with E-state index in [1.807, 2.05) is 19.1 Å². The van der Waals surface area contributed by atoms with Gasteiger partial charge in [0.2, 0.25) is 0 Å². The molecule has 2 aromatic rings. The molecule has 0 aromatic heterocycles. The Balaban J connectivity index is 2.32. The van der Waals surface area contributed by atoms with Crippen molar-refractivity contribution in [3.05, 3.63) is 54.1 Å². The molecule has 1 nitrogen and oxygen atoms in total. The number of halogens is 2. The molecule has 0 unspecified atom stereocenters. The monoisotopic (exact) mass is 248 g/mol. The predicted octanol–water partition coefficient (Wildman–Crippen LogP) is 4.42. The van der Waals surface area contributed by atoms with Crippen LogP contribution in [-0.2, 0) is 0 Å². The fraction of sp³-hybridized carbons (Fsp3) is 0.200. The summed E-state index contributed by atoms with van der Waals surface area (Å²) in [5.74, 6) is -0.450. The summed E-state index contributed by atoms with van der Waals surface area (Å²) < 4.78 is 31.8. The van der Waals surface area contributed by atoms with Crippen LogP contribution in [0.5, 0.6) is 5.75 Å². The molecule has 3 heteroatoms. The van der Waals surface area contributed by atoms with E-state index in [1.165, 1.54) is 12.1 Å². The molecule has 0 bridgehead atoms. The summed E-state index contributed by atoms with van der Waals surface area (Å²) in [7, 11) is 0. The maximum Gasteiger partial charge on any atom is 0.126 e. The minimum Gasteiger partial charge on any atom is -0.494 e. The first kappa shape index (κ1) is 12.6. The predicted molar refractivity (Wildman–Crippen MR) is 67.6 cm³/mol. The maximum atomic E-state index is 13.1. The van der Waals surface area contributed by atoms with Gasteiger partial charge in [-0.05, 0) is 41.8 Å². The van der Waals surface area contributed by atoms with Crippen molar-refractivity contribution in [3.63, 3.8) is 0 Å². The lowest BCUT2D eigenvalue weighted by atomic mass is 10.1. The first-order valence-electron chi connectivity index (χ1n) is 5.88. The van der Waals surface area contributed by atoms with Crippen molar-refractivity contribution >= 4 is 0 Å².